The molecule has 212 valence electrons. The van der Waals surface area contributed by atoms with Gasteiger partial charge in [-0.1, -0.05) is 77.6 Å². The lowest BCUT2D eigenvalue weighted by molar-refractivity contribution is -0.0687. The van der Waals surface area contributed by atoms with Gasteiger partial charge in [0.2, 0.25) is 0 Å². The van der Waals surface area contributed by atoms with E-state index in [1.165, 1.54) is 70.6 Å². The molecule has 0 radical (unpaired) electrons. The monoisotopic (exact) mass is 506 g/mol. The van der Waals surface area contributed by atoms with E-state index in [9.17, 15) is 0 Å². The fraction of sp³-hybridized carbons (Fsp3) is 1.00. The average Bonchev–Trinajstić information content (AvgIpc) is 2.86. The van der Waals surface area contributed by atoms with Crippen molar-refractivity contribution in [3.63, 3.8) is 0 Å². The predicted octanol–water partition coefficient (Wildman–Crippen LogP) is 5.56. The molecule has 0 amide bonds. The van der Waals surface area contributed by atoms with Gasteiger partial charge in [0.25, 0.3) is 0 Å². The van der Waals surface area contributed by atoms with E-state index < -0.39 is 0 Å². The van der Waals surface area contributed by atoms with Crippen LogP contribution in [-0.2, 0) is 28.4 Å². The van der Waals surface area contributed by atoms with E-state index in [1.54, 1.807) is 0 Å². The zero-order chi connectivity index (χ0) is 25.7. The van der Waals surface area contributed by atoms with Crippen LogP contribution in [-0.4, -0.2) is 90.0 Å². The molecule has 0 spiro atoms. The Morgan fingerprint density at radius 2 is 0.914 bits per heavy atom. The molecule has 2 unspecified atom stereocenters. The van der Waals surface area contributed by atoms with Crippen LogP contribution in [0.15, 0.2) is 0 Å². The summed E-state index contributed by atoms with van der Waals surface area (Å²) in [7, 11) is 0. The normalized spacial score (nSPS) is 13.4. The highest BCUT2D eigenvalue weighted by Crippen LogP contribution is 2.12. The van der Waals surface area contributed by atoms with Gasteiger partial charge in [0.05, 0.1) is 78.3 Å². The highest BCUT2D eigenvalue weighted by atomic mass is 16.6. The van der Waals surface area contributed by atoms with Gasteiger partial charge in [0, 0.05) is 6.61 Å². The Labute approximate surface area is 216 Å². The Kier molecular flexibility index (Phi) is 29.7. The topological polar surface area (TPSA) is 75.6 Å². The number of unbranched alkanes of at least 4 members (excludes halogenated alkanes) is 11. The first-order valence-electron chi connectivity index (χ1n) is 14.4. The van der Waals surface area contributed by atoms with Crippen molar-refractivity contribution in [2.45, 2.75) is 110 Å². The molecule has 0 saturated carbocycles. The molecule has 0 aromatic carbocycles. The summed E-state index contributed by atoms with van der Waals surface area (Å²) in [5.74, 6) is 0. The van der Waals surface area contributed by atoms with Crippen LogP contribution in [0.1, 0.15) is 97.8 Å². The van der Waals surface area contributed by atoms with Gasteiger partial charge in [-0.25, -0.2) is 0 Å². The lowest BCUT2D eigenvalue weighted by atomic mass is 10.1. The molecular formula is C28H58O7. The zero-order valence-corrected chi connectivity index (χ0v) is 23.3. The summed E-state index contributed by atoms with van der Waals surface area (Å²) < 4.78 is 33.3. The molecule has 0 saturated heterocycles. The van der Waals surface area contributed by atoms with Crippen LogP contribution in [0.3, 0.4) is 0 Å². The van der Waals surface area contributed by atoms with E-state index in [0.717, 1.165) is 13.0 Å². The number of hydrogen-bond acceptors (Lipinski definition) is 7. The van der Waals surface area contributed by atoms with Crippen LogP contribution in [0.25, 0.3) is 0 Å². The molecule has 0 aromatic rings. The average molecular weight is 507 g/mol. The summed E-state index contributed by atoms with van der Waals surface area (Å²) in [6.07, 6.45) is 16.4. The summed E-state index contributed by atoms with van der Waals surface area (Å²) in [6, 6.07) is 0. The number of ether oxygens (including phenoxy) is 6. The summed E-state index contributed by atoms with van der Waals surface area (Å²) in [5.41, 5.74) is 0. The quantitative estimate of drug-likeness (QED) is 0.128. The third-order valence-corrected chi connectivity index (χ3v) is 5.72. The third kappa shape index (κ3) is 29.8. The number of aliphatic hydroxyl groups is 1. The van der Waals surface area contributed by atoms with E-state index >= 15 is 0 Å². The van der Waals surface area contributed by atoms with Crippen LogP contribution in [0.4, 0.5) is 0 Å². The first-order valence-corrected chi connectivity index (χ1v) is 14.4. The first kappa shape index (κ1) is 34.7. The van der Waals surface area contributed by atoms with Crippen LogP contribution in [0, 0.1) is 0 Å². The minimum Gasteiger partial charge on any atom is -0.394 e. The van der Waals surface area contributed by atoms with Crippen LogP contribution >= 0.6 is 0 Å². The van der Waals surface area contributed by atoms with E-state index in [2.05, 4.69) is 6.92 Å². The van der Waals surface area contributed by atoms with E-state index in [-0.39, 0.29) is 18.8 Å². The second kappa shape index (κ2) is 29.9. The van der Waals surface area contributed by atoms with E-state index in [4.69, 9.17) is 33.5 Å². The van der Waals surface area contributed by atoms with Crippen molar-refractivity contribution in [3.8, 4) is 0 Å². The van der Waals surface area contributed by atoms with Crippen molar-refractivity contribution in [2.75, 3.05) is 72.7 Å². The molecule has 0 heterocycles. The maximum Gasteiger partial charge on any atom is 0.0781 e. The highest BCUT2D eigenvalue weighted by Gasteiger charge is 2.07. The summed E-state index contributed by atoms with van der Waals surface area (Å²) >= 11 is 0. The second-order valence-electron chi connectivity index (χ2n) is 9.35. The predicted molar refractivity (Wildman–Crippen MR) is 142 cm³/mol. The maximum absolute atomic E-state index is 8.59. The fourth-order valence-electron chi connectivity index (χ4n) is 3.61. The molecule has 35 heavy (non-hydrogen) atoms. The lowest BCUT2D eigenvalue weighted by Crippen LogP contribution is -2.24. The lowest BCUT2D eigenvalue weighted by Gasteiger charge is -2.18. The smallest absolute Gasteiger partial charge is 0.0781 e. The molecule has 1 N–H and O–H groups in total. The van der Waals surface area contributed by atoms with Crippen LogP contribution < -0.4 is 0 Å². The standard InChI is InChI=1S/C28H58O7/c1-4-5-6-7-8-9-10-11-12-13-14-15-17-33-25-27(2)35-26-28(3)34-24-23-32-22-21-31-20-19-30-18-16-29/h27-29H,4-26H2,1-3H3. The van der Waals surface area contributed by atoms with Gasteiger partial charge in [-0.05, 0) is 20.3 Å². The molecule has 7 nitrogen and oxygen atoms in total. The molecule has 0 aliphatic carbocycles. The molecule has 7 heteroatoms. The van der Waals surface area contributed by atoms with Crippen LogP contribution in [0.2, 0.25) is 0 Å². The first-order chi connectivity index (χ1) is 17.2. The molecule has 0 aliphatic heterocycles. The van der Waals surface area contributed by atoms with Gasteiger partial charge in [0.15, 0.2) is 0 Å². The molecule has 0 fully saturated rings. The van der Waals surface area contributed by atoms with Gasteiger partial charge >= 0.3 is 0 Å². The summed E-state index contributed by atoms with van der Waals surface area (Å²) in [5, 5.41) is 8.59. The van der Waals surface area contributed by atoms with Crippen molar-refractivity contribution in [1.29, 1.82) is 0 Å². The molecule has 2 atom stereocenters. The van der Waals surface area contributed by atoms with Gasteiger partial charge in [-0.15, -0.1) is 0 Å². The van der Waals surface area contributed by atoms with Gasteiger partial charge < -0.3 is 33.5 Å². The van der Waals surface area contributed by atoms with Gasteiger partial charge in [0.1, 0.15) is 0 Å². The van der Waals surface area contributed by atoms with Crippen molar-refractivity contribution in [3.05, 3.63) is 0 Å². The van der Waals surface area contributed by atoms with Crippen molar-refractivity contribution in [2.24, 2.45) is 0 Å². The van der Waals surface area contributed by atoms with Crippen molar-refractivity contribution in [1.82, 2.24) is 0 Å². The number of aliphatic hydroxyl groups excluding tert-OH is 1. The summed E-state index contributed by atoms with van der Waals surface area (Å²) in [6.45, 7) is 11.9. The Balaban J connectivity index is 3.27. The highest BCUT2D eigenvalue weighted by molar-refractivity contribution is 4.53. The molecular weight excluding hydrogens is 448 g/mol. The SMILES string of the molecule is CCCCCCCCCCCCCCOCC(C)OCC(C)OCCOCCOCCOCCO. The number of rotatable bonds is 30. The molecule has 0 aromatic heterocycles. The van der Waals surface area contributed by atoms with Gasteiger partial charge in [-0.3, -0.25) is 0 Å². The summed E-state index contributed by atoms with van der Waals surface area (Å²) in [4.78, 5) is 0. The van der Waals surface area contributed by atoms with E-state index in [0.29, 0.717) is 59.5 Å². The molecule has 0 aliphatic rings. The van der Waals surface area contributed by atoms with Crippen molar-refractivity contribution >= 4 is 0 Å². The minimum absolute atomic E-state index is 0.0253. The Morgan fingerprint density at radius 3 is 1.46 bits per heavy atom. The van der Waals surface area contributed by atoms with E-state index in [1.807, 2.05) is 13.8 Å². The van der Waals surface area contributed by atoms with Gasteiger partial charge in [-0.2, -0.15) is 0 Å². The molecule has 0 rings (SSSR count). The third-order valence-electron chi connectivity index (χ3n) is 5.72. The maximum atomic E-state index is 8.59. The Hall–Kier alpha value is -0.280. The zero-order valence-electron chi connectivity index (χ0n) is 23.3. The van der Waals surface area contributed by atoms with Crippen molar-refractivity contribution < 1.29 is 33.5 Å². The van der Waals surface area contributed by atoms with Crippen LogP contribution in [0.5, 0.6) is 0 Å². The largest absolute Gasteiger partial charge is 0.394 e. The fourth-order valence-corrected chi connectivity index (χ4v) is 3.61. The second-order valence-corrected chi connectivity index (χ2v) is 9.35. The minimum atomic E-state index is 0.0253. The molecule has 0 bridgehead atoms. The Morgan fingerprint density at radius 1 is 0.457 bits per heavy atom. The Bertz CT molecular complexity index is 384. The number of hydrogen-bond donors (Lipinski definition) is 1.